The second kappa shape index (κ2) is 9.47. The van der Waals surface area contributed by atoms with Crippen LogP contribution in [0.5, 0.6) is 0 Å². The van der Waals surface area contributed by atoms with Crippen LogP contribution in [0, 0.1) is 0 Å². The van der Waals surface area contributed by atoms with Gasteiger partial charge in [-0.2, -0.15) is 5.90 Å². The molecule has 0 aromatic carbocycles. The Morgan fingerprint density at radius 2 is 2.29 bits per heavy atom. The second-order valence-corrected chi connectivity index (χ2v) is 2.87. The van der Waals surface area contributed by atoms with Crippen LogP contribution in [-0.2, 0) is 16.1 Å². The van der Waals surface area contributed by atoms with Crippen molar-refractivity contribution in [3.8, 4) is 0 Å². The van der Waals surface area contributed by atoms with E-state index in [4.69, 9.17) is 10.3 Å². The van der Waals surface area contributed by atoms with Gasteiger partial charge in [0.2, 0.25) is 11.8 Å². The third kappa shape index (κ3) is 6.42. The highest BCUT2D eigenvalue weighted by Gasteiger charge is 2.02. The summed E-state index contributed by atoms with van der Waals surface area (Å²) >= 11 is 0. The summed E-state index contributed by atoms with van der Waals surface area (Å²) in [6, 6.07) is 3.61. The maximum absolute atomic E-state index is 11.0. The lowest BCUT2D eigenvalue weighted by molar-refractivity contribution is -0.121. The van der Waals surface area contributed by atoms with E-state index in [1.54, 1.807) is 25.3 Å². The van der Waals surface area contributed by atoms with Gasteiger partial charge in [-0.25, -0.2) is 0 Å². The van der Waals surface area contributed by atoms with Gasteiger partial charge in [-0.3, -0.25) is 10.1 Å². The molecule has 0 aliphatic carbocycles. The van der Waals surface area contributed by atoms with E-state index < -0.39 is 0 Å². The van der Waals surface area contributed by atoms with Crippen LogP contribution in [0.15, 0.2) is 34.8 Å². The number of allylic oxidation sites excluding steroid dienone is 1. The monoisotopic (exact) mass is 240 g/mol. The van der Waals surface area contributed by atoms with Crippen molar-refractivity contribution in [1.29, 1.82) is 0 Å². The number of hydrogen-bond acceptors (Lipinski definition) is 4. The van der Waals surface area contributed by atoms with E-state index in [1.165, 1.54) is 0 Å². The minimum absolute atomic E-state index is 0.147. The molecular weight excluding hydrogens is 220 g/mol. The number of carbonyl (C=O) groups is 1. The quantitative estimate of drug-likeness (QED) is 0.610. The fourth-order valence-electron chi connectivity index (χ4n) is 0.976. The molecule has 17 heavy (non-hydrogen) atoms. The maximum atomic E-state index is 11.0. The molecule has 1 amide bonds. The number of nitrogens with two attached hydrogens (primary N) is 1. The molecule has 0 radical (unpaired) electrons. The molecule has 0 spiro atoms. The number of nitrogens with one attached hydrogen (secondary N) is 1. The molecule has 0 saturated heterocycles. The SMILES string of the molecule is CC.CCC(=O)N/C(=C/Cc1ccco1)ON. The van der Waals surface area contributed by atoms with Crippen LogP contribution in [0.4, 0.5) is 0 Å². The van der Waals surface area contributed by atoms with Crippen LogP contribution >= 0.6 is 0 Å². The number of furan rings is 1. The molecule has 0 aliphatic heterocycles. The van der Waals surface area contributed by atoms with Crippen LogP contribution in [0.1, 0.15) is 33.0 Å². The topological polar surface area (TPSA) is 77.5 Å². The fourth-order valence-corrected chi connectivity index (χ4v) is 0.976. The largest absolute Gasteiger partial charge is 0.469 e. The van der Waals surface area contributed by atoms with Crippen LogP contribution < -0.4 is 11.2 Å². The Morgan fingerprint density at radius 3 is 2.76 bits per heavy atom. The third-order valence-corrected chi connectivity index (χ3v) is 1.78. The van der Waals surface area contributed by atoms with E-state index in [0.29, 0.717) is 12.8 Å². The summed E-state index contributed by atoms with van der Waals surface area (Å²) in [5.41, 5.74) is 0. The average Bonchev–Trinajstić information content (AvgIpc) is 2.89. The average molecular weight is 240 g/mol. The molecule has 0 atom stereocenters. The van der Waals surface area contributed by atoms with Gasteiger partial charge in [-0.05, 0) is 18.2 Å². The molecule has 1 rings (SSSR count). The fraction of sp³-hybridized carbons (Fsp3) is 0.417. The molecular formula is C12H20N2O3. The molecule has 1 aromatic heterocycles. The highest BCUT2D eigenvalue weighted by molar-refractivity contribution is 5.76. The van der Waals surface area contributed by atoms with Gasteiger partial charge in [-0.15, -0.1) is 0 Å². The lowest BCUT2D eigenvalue weighted by atomic mass is 10.3. The summed E-state index contributed by atoms with van der Waals surface area (Å²) in [5, 5.41) is 2.51. The van der Waals surface area contributed by atoms with Gasteiger partial charge < -0.3 is 9.25 Å². The molecule has 0 bridgehead atoms. The first-order valence-electron chi connectivity index (χ1n) is 5.65. The van der Waals surface area contributed by atoms with E-state index in [9.17, 15) is 4.79 Å². The van der Waals surface area contributed by atoms with Crippen molar-refractivity contribution in [1.82, 2.24) is 5.32 Å². The molecule has 3 N–H and O–H groups in total. The maximum Gasteiger partial charge on any atom is 0.226 e. The lowest BCUT2D eigenvalue weighted by Gasteiger charge is -2.05. The van der Waals surface area contributed by atoms with Crippen molar-refractivity contribution in [3.05, 3.63) is 36.1 Å². The molecule has 1 heterocycles. The summed E-state index contributed by atoms with van der Waals surface area (Å²) < 4.78 is 5.11. The van der Waals surface area contributed by atoms with E-state index in [2.05, 4.69) is 10.2 Å². The van der Waals surface area contributed by atoms with E-state index in [-0.39, 0.29) is 11.8 Å². The van der Waals surface area contributed by atoms with Crippen molar-refractivity contribution in [2.45, 2.75) is 33.6 Å². The summed E-state index contributed by atoms with van der Waals surface area (Å²) in [6.45, 7) is 5.75. The summed E-state index contributed by atoms with van der Waals surface area (Å²) in [5.74, 6) is 5.86. The molecule has 0 fully saturated rings. The van der Waals surface area contributed by atoms with E-state index in [1.807, 2.05) is 19.9 Å². The predicted octanol–water partition coefficient (Wildman–Crippen LogP) is 2.11. The van der Waals surface area contributed by atoms with Crippen molar-refractivity contribution in [2.75, 3.05) is 0 Å². The Morgan fingerprint density at radius 1 is 1.59 bits per heavy atom. The first-order chi connectivity index (χ1) is 8.26. The van der Waals surface area contributed by atoms with Gasteiger partial charge >= 0.3 is 0 Å². The van der Waals surface area contributed by atoms with Gasteiger partial charge in [-0.1, -0.05) is 20.8 Å². The Bertz CT molecular complexity index is 332. The van der Waals surface area contributed by atoms with E-state index >= 15 is 0 Å². The van der Waals surface area contributed by atoms with Crippen molar-refractivity contribution < 1.29 is 14.0 Å². The Hall–Kier alpha value is -1.75. The Kier molecular flexibility index (Phi) is 8.50. The lowest BCUT2D eigenvalue weighted by Crippen LogP contribution is -2.25. The smallest absolute Gasteiger partial charge is 0.226 e. The first kappa shape index (κ1) is 15.2. The molecule has 0 unspecified atom stereocenters. The minimum Gasteiger partial charge on any atom is -0.469 e. The molecule has 0 saturated carbocycles. The molecule has 5 heteroatoms. The summed E-state index contributed by atoms with van der Waals surface area (Å²) in [6.07, 6.45) is 4.12. The zero-order valence-corrected chi connectivity index (χ0v) is 10.5. The molecule has 1 aromatic rings. The van der Waals surface area contributed by atoms with Gasteiger partial charge in [0.1, 0.15) is 5.76 Å². The third-order valence-electron chi connectivity index (χ3n) is 1.78. The zero-order valence-electron chi connectivity index (χ0n) is 10.5. The van der Waals surface area contributed by atoms with E-state index in [0.717, 1.165) is 5.76 Å². The minimum atomic E-state index is -0.147. The molecule has 96 valence electrons. The predicted molar refractivity (Wildman–Crippen MR) is 65.5 cm³/mol. The van der Waals surface area contributed by atoms with Gasteiger partial charge in [0.15, 0.2) is 0 Å². The number of rotatable bonds is 5. The number of amides is 1. The number of carbonyl (C=O) groups excluding carboxylic acids is 1. The zero-order chi connectivity index (χ0) is 13.1. The van der Waals surface area contributed by atoms with Crippen LogP contribution in [0.3, 0.4) is 0 Å². The van der Waals surface area contributed by atoms with Gasteiger partial charge in [0, 0.05) is 12.8 Å². The van der Waals surface area contributed by atoms with Crippen molar-refractivity contribution in [3.63, 3.8) is 0 Å². The van der Waals surface area contributed by atoms with Crippen LogP contribution in [-0.4, -0.2) is 5.91 Å². The Balaban J connectivity index is 0.00000121. The molecule has 5 nitrogen and oxygen atoms in total. The first-order valence-corrected chi connectivity index (χ1v) is 5.65. The van der Waals surface area contributed by atoms with Crippen molar-refractivity contribution >= 4 is 5.91 Å². The van der Waals surface area contributed by atoms with Crippen LogP contribution in [0.2, 0.25) is 0 Å². The molecule has 0 aliphatic rings. The number of hydrogen-bond donors (Lipinski definition) is 2. The van der Waals surface area contributed by atoms with Gasteiger partial charge in [0.25, 0.3) is 0 Å². The standard InChI is InChI=1S/C10H14N2O3.C2H6/c1-2-9(13)12-10(15-11)6-5-8-4-3-7-14-8;1-2/h3-4,6-7H,2,5,11H2,1H3,(H,12,13);1-2H3/b10-6-;. The highest BCUT2D eigenvalue weighted by atomic mass is 16.6. The second-order valence-electron chi connectivity index (χ2n) is 2.87. The summed E-state index contributed by atoms with van der Waals surface area (Å²) in [7, 11) is 0. The van der Waals surface area contributed by atoms with Gasteiger partial charge in [0.05, 0.1) is 6.26 Å². The highest BCUT2D eigenvalue weighted by Crippen LogP contribution is 2.03. The summed E-state index contributed by atoms with van der Waals surface area (Å²) in [4.78, 5) is 15.5. The van der Waals surface area contributed by atoms with Crippen LogP contribution in [0.25, 0.3) is 0 Å². The Labute approximate surface area is 102 Å². The van der Waals surface area contributed by atoms with Crippen molar-refractivity contribution in [2.24, 2.45) is 5.90 Å². The normalized spacial score (nSPS) is 10.2.